The van der Waals surface area contributed by atoms with Crippen LogP contribution < -0.4 is 15.0 Å². The first-order valence-corrected chi connectivity index (χ1v) is 8.27. The largest absolute Gasteiger partial charge is 0.482 e. The van der Waals surface area contributed by atoms with Crippen LogP contribution >= 0.6 is 15.9 Å². The average Bonchev–Trinajstić information content (AvgIpc) is 2.56. The minimum atomic E-state index is -0.196. The van der Waals surface area contributed by atoms with Crippen molar-refractivity contribution in [1.29, 1.82) is 0 Å². The number of nitrogens with zero attached hydrogens (tertiary/aromatic N) is 2. The molecule has 1 aromatic carbocycles. The number of hydrogen-bond donors (Lipinski definition) is 1. The van der Waals surface area contributed by atoms with Crippen LogP contribution in [0.25, 0.3) is 0 Å². The smallest absolute Gasteiger partial charge is 0.265 e. The molecule has 2 heterocycles. The van der Waals surface area contributed by atoms with Gasteiger partial charge in [0.1, 0.15) is 11.6 Å². The lowest BCUT2D eigenvalue weighted by Gasteiger charge is -2.29. The third kappa shape index (κ3) is 3.73. The molecule has 0 aliphatic carbocycles. The summed E-state index contributed by atoms with van der Waals surface area (Å²) >= 11 is 3.29. The highest BCUT2D eigenvalue weighted by Gasteiger charge is 2.25. The molecular formula is C17H16BrN3O3. The van der Waals surface area contributed by atoms with Crippen molar-refractivity contribution in [2.45, 2.75) is 13.3 Å². The van der Waals surface area contributed by atoms with Crippen LogP contribution in [-0.4, -0.2) is 29.9 Å². The SMILES string of the molecule is Cc1ccc2c(c1)N(CCC(=O)Nc1ccc(Br)cn1)C(=O)CO2. The van der Waals surface area contributed by atoms with Crippen molar-refractivity contribution in [3.05, 3.63) is 46.6 Å². The highest BCUT2D eigenvalue weighted by Crippen LogP contribution is 2.32. The predicted octanol–water partition coefficient (Wildman–Crippen LogP) is 2.91. The summed E-state index contributed by atoms with van der Waals surface area (Å²) in [6.07, 6.45) is 1.79. The summed E-state index contributed by atoms with van der Waals surface area (Å²) in [7, 11) is 0. The molecule has 6 nitrogen and oxygen atoms in total. The molecule has 0 fully saturated rings. The number of hydrogen-bond acceptors (Lipinski definition) is 4. The second-order valence-corrected chi connectivity index (χ2v) is 6.38. The molecule has 124 valence electrons. The highest BCUT2D eigenvalue weighted by atomic mass is 79.9. The Hall–Kier alpha value is -2.41. The molecule has 24 heavy (non-hydrogen) atoms. The third-order valence-electron chi connectivity index (χ3n) is 3.61. The van der Waals surface area contributed by atoms with Gasteiger partial charge in [-0.2, -0.15) is 0 Å². The number of fused-ring (bicyclic) bond motifs is 1. The van der Waals surface area contributed by atoms with Crippen molar-refractivity contribution >= 4 is 39.2 Å². The molecule has 2 amide bonds. The number of benzene rings is 1. The van der Waals surface area contributed by atoms with E-state index in [1.165, 1.54) is 0 Å². The van der Waals surface area contributed by atoms with Gasteiger partial charge >= 0.3 is 0 Å². The number of carbonyl (C=O) groups is 2. The normalized spacial score (nSPS) is 13.2. The van der Waals surface area contributed by atoms with Crippen LogP contribution in [0.4, 0.5) is 11.5 Å². The zero-order chi connectivity index (χ0) is 17.1. The lowest BCUT2D eigenvalue weighted by Crippen LogP contribution is -2.40. The molecule has 0 unspecified atom stereocenters. The topological polar surface area (TPSA) is 71.5 Å². The summed E-state index contributed by atoms with van der Waals surface area (Å²) < 4.78 is 6.27. The Kier molecular flexibility index (Phi) is 4.80. The van der Waals surface area contributed by atoms with Crippen LogP contribution in [0.5, 0.6) is 5.75 Å². The first kappa shape index (κ1) is 16.4. The van der Waals surface area contributed by atoms with Gasteiger partial charge in [-0.25, -0.2) is 4.98 Å². The summed E-state index contributed by atoms with van der Waals surface area (Å²) in [6.45, 7) is 2.23. The molecule has 7 heteroatoms. The number of aromatic nitrogens is 1. The molecular weight excluding hydrogens is 374 g/mol. The van der Waals surface area contributed by atoms with Gasteiger partial charge in [-0.1, -0.05) is 6.07 Å². The molecule has 0 spiro atoms. The van der Waals surface area contributed by atoms with Gasteiger partial charge in [0.25, 0.3) is 5.91 Å². The molecule has 1 N–H and O–H groups in total. The maximum Gasteiger partial charge on any atom is 0.265 e. The number of halogens is 1. The number of rotatable bonds is 4. The maximum atomic E-state index is 12.1. The monoisotopic (exact) mass is 389 g/mol. The van der Waals surface area contributed by atoms with E-state index < -0.39 is 0 Å². The van der Waals surface area contributed by atoms with Crippen LogP contribution in [0.3, 0.4) is 0 Å². The van der Waals surface area contributed by atoms with Crippen LogP contribution in [0.1, 0.15) is 12.0 Å². The van der Waals surface area contributed by atoms with Crippen molar-refractivity contribution in [3.63, 3.8) is 0 Å². The molecule has 0 atom stereocenters. The molecule has 1 aromatic heterocycles. The van der Waals surface area contributed by atoms with Crippen molar-refractivity contribution in [3.8, 4) is 5.75 Å². The van der Waals surface area contributed by atoms with Gasteiger partial charge in [0.15, 0.2) is 6.61 Å². The van der Waals surface area contributed by atoms with Gasteiger partial charge in [0.2, 0.25) is 5.91 Å². The van der Waals surface area contributed by atoms with Crippen molar-refractivity contribution in [2.75, 3.05) is 23.4 Å². The quantitative estimate of drug-likeness (QED) is 0.872. The van der Waals surface area contributed by atoms with E-state index >= 15 is 0 Å². The number of carbonyl (C=O) groups excluding carboxylic acids is 2. The molecule has 3 rings (SSSR count). The van der Waals surface area contributed by atoms with Crippen LogP contribution in [0.2, 0.25) is 0 Å². The summed E-state index contributed by atoms with van der Waals surface area (Å²) in [6, 6.07) is 9.17. The second-order valence-electron chi connectivity index (χ2n) is 5.47. The Morgan fingerprint density at radius 3 is 2.96 bits per heavy atom. The molecule has 0 saturated heterocycles. The van der Waals surface area contributed by atoms with Crippen molar-refractivity contribution in [2.24, 2.45) is 0 Å². The average molecular weight is 390 g/mol. The summed E-state index contributed by atoms with van der Waals surface area (Å²) in [5.41, 5.74) is 1.74. The fourth-order valence-corrected chi connectivity index (χ4v) is 2.66. The number of pyridine rings is 1. The molecule has 0 radical (unpaired) electrons. The van der Waals surface area contributed by atoms with Crippen LogP contribution in [-0.2, 0) is 9.59 Å². The van der Waals surface area contributed by atoms with E-state index in [1.54, 1.807) is 23.2 Å². The van der Waals surface area contributed by atoms with Gasteiger partial charge < -0.3 is 15.0 Å². The summed E-state index contributed by atoms with van der Waals surface area (Å²) in [4.78, 5) is 29.9. The molecule has 2 aromatic rings. The second kappa shape index (κ2) is 7.00. The summed E-state index contributed by atoms with van der Waals surface area (Å²) in [5.74, 6) is 0.795. The fraction of sp³-hybridized carbons (Fsp3) is 0.235. The van der Waals surface area contributed by atoms with Crippen LogP contribution in [0.15, 0.2) is 41.0 Å². The minimum absolute atomic E-state index is 0.00799. The van der Waals surface area contributed by atoms with E-state index in [9.17, 15) is 9.59 Å². The zero-order valence-corrected chi connectivity index (χ0v) is 14.7. The summed E-state index contributed by atoms with van der Waals surface area (Å²) in [5, 5.41) is 2.72. The Morgan fingerprint density at radius 1 is 1.38 bits per heavy atom. The Morgan fingerprint density at radius 2 is 2.21 bits per heavy atom. The molecule has 1 aliphatic heterocycles. The Balaban J connectivity index is 1.65. The number of amides is 2. The lowest BCUT2D eigenvalue weighted by atomic mass is 10.1. The van der Waals surface area contributed by atoms with Gasteiger partial charge in [-0.3, -0.25) is 9.59 Å². The number of ether oxygens (including phenoxy) is 1. The maximum absolute atomic E-state index is 12.1. The third-order valence-corrected chi connectivity index (χ3v) is 4.08. The van der Waals surface area contributed by atoms with E-state index in [4.69, 9.17) is 4.74 Å². The standard InChI is InChI=1S/C17H16BrN3O3/c1-11-2-4-14-13(8-11)21(17(23)10-24-14)7-6-16(22)20-15-5-3-12(18)9-19-15/h2-5,8-9H,6-7,10H2,1H3,(H,19,20,22). The Labute approximate surface area is 148 Å². The predicted molar refractivity (Wildman–Crippen MR) is 94.2 cm³/mol. The first-order chi connectivity index (χ1) is 11.5. The minimum Gasteiger partial charge on any atom is -0.482 e. The van der Waals surface area contributed by atoms with Gasteiger partial charge in [-0.05, 0) is 52.7 Å². The lowest BCUT2D eigenvalue weighted by molar-refractivity contribution is -0.121. The van der Waals surface area contributed by atoms with E-state index in [-0.39, 0.29) is 24.8 Å². The fourth-order valence-electron chi connectivity index (χ4n) is 2.43. The number of anilines is 2. The molecule has 0 saturated carbocycles. The first-order valence-electron chi connectivity index (χ1n) is 7.48. The van der Waals surface area contributed by atoms with Crippen LogP contribution in [0, 0.1) is 6.92 Å². The number of nitrogens with one attached hydrogen (secondary N) is 1. The van der Waals surface area contributed by atoms with E-state index in [0.29, 0.717) is 23.8 Å². The van der Waals surface area contributed by atoms with Gasteiger partial charge in [0.05, 0.1) is 5.69 Å². The zero-order valence-electron chi connectivity index (χ0n) is 13.1. The highest BCUT2D eigenvalue weighted by molar-refractivity contribution is 9.10. The molecule has 0 bridgehead atoms. The molecule has 1 aliphatic rings. The number of aryl methyl sites for hydroxylation is 1. The van der Waals surface area contributed by atoms with E-state index in [1.807, 2.05) is 25.1 Å². The van der Waals surface area contributed by atoms with Gasteiger partial charge in [-0.15, -0.1) is 0 Å². The van der Waals surface area contributed by atoms with Crippen molar-refractivity contribution in [1.82, 2.24) is 4.98 Å². The van der Waals surface area contributed by atoms with E-state index in [2.05, 4.69) is 26.2 Å². The van der Waals surface area contributed by atoms with Crippen molar-refractivity contribution < 1.29 is 14.3 Å². The Bertz CT molecular complexity index is 777. The van der Waals surface area contributed by atoms with E-state index in [0.717, 1.165) is 10.0 Å². The van der Waals surface area contributed by atoms with Gasteiger partial charge in [0, 0.05) is 23.6 Å².